The van der Waals surface area contributed by atoms with Crippen molar-refractivity contribution in [3.05, 3.63) is 29.6 Å². The number of nitrogens with one attached hydrogen (secondary N) is 1. The molecule has 0 atom stereocenters. The summed E-state index contributed by atoms with van der Waals surface area (Å²) in [6.45, 7) is 5.00. The third kappa shape index (κ3) is 3.41. The zero-order chi connectivity index (χ0) is 12.1. The predicted molar refractivity (Wildman–Crippen MR) is 72.6 cm³/mol. The fraction of sp³-hybridized carbons (Fsp3) is 0.364. The van der Waals surface area contributed by atoms with Crippen LogP contribution in [0.25, 0.3) is 0 Å². The van der Waals surface area contributed by atoms with Gasteiger partial charge in [-0.25, -0.2) is 0 Å². The van der Waals surface area contributed by atoms with Gasteiger partial charge in [0.2, 0.25) is 5.13 Å². The second kappa shape index (κ2) is 5.97. The van der Waals surface area contributed by atoms with E-state index >= 15 is 0 Å². The van der Waals surface area contributed by atoms with Crippen LogP contribution in [0.5, 0.6) is 0 Å². The van der Waals surface area contributed by atoms with Crippen LogP contribution in [0.15, 0.2) is 22.7 Å². The van der Waals surface area contributed by atoms with Crippen molar-refractivity contribution >= 4 is 28.2 Å². The lowest BCUT2D eigenvalue weighted by Crippen LogP contribution is -1.94. The zero-order valence-corrected chi connectivity index (χ0v) is 11.4. The molecule has 0 saturated carbocycles. The van der Waals surface area contributed by atoms with Crippen molar-refractivity contribution < 1.29 is 0 Å². The van der Waals surface area contributed by atoms with Crippen molar-refractivity contribution in [1.29, 1.82) is 0 Å². The first-order chi connectivity index (χ1) is 8.29. The van der Waals surface area contributed by atoms with Gasteiger partial charge in [-0.3, -0.25) is 4.98 Å². The highest BCUT2D eigenvalue weighted by molar-refractivity contribution is 8.00. The highest BCUT2D eigenvalue weighted by atomic mass is 32.2. The number of hydrogen-bond donors (Lipinski definition) is 1. The van der Waals surface area contributed by atoms with Gasteiger partial charge in [0.05, 0.1) is 5.69 Å². The number of aromatic nitrogens is 3. The maximum absolute atomic E-state index is 4.36. The van der Waals surface area contributed by atoms with E-state index < -0.39 is 0 Å². The van der Waals surface area contributed by atoms with Crippen LogP contribution in [-0.2, 0) is 5.75 Å². The Kier molecular flexibility index (Phi) is 4.33. The Labute approximate surface area is 109 Å². The Hall–Kier alpha value is -1.14. The second-order valence-corrected chi connectivity index (χ2v) is 5.66. The van der Waals surface area contributed by atoms with E-state index in [0.717, 1.165) is 27.5 Å². The van der Waals surface area contributed by atoms with Gasteiger partial charge in [-0.15, -0.1) is 10.2 Å². The van der Waals surface area contributed by atoms with Gasteiger partial charge < -0.3 is 5.32 Å². The van der Waals surface area contributed by atoms with E-state index in [-0.39, 0.29) is 0 Å². The van der Waals surface area contributed by atoms with Crippen molar-refractivity contribution in [3.63, 3.8) is 0 Å². The van der Waals surface area contributed by atoms with Crippen molar-refractivity contribution in [2.75, 3.05) is 11.9 Å². The summed E-state index contributed by atoms with van der Waals surface area (Å²) in [5.74, 6) is 0.841. The van der Waals surface area contributed by atoms with E-state index in [0.29, 0.717) is 0 Å². The number of thioether (sulfide) groups is 1. The summed E-state index contributed by atoms with van der Waals surface area (Å²) in [4.78, 5) is 4.36. The lowest BCUT2D eigenvalue weighted by atomic mass is 10.2. The van der Waals surface area contributed by atoms with Crippen LogP contribution in [0.4, 0.5) is 5.13 Å². The average molecular weight is 266 g/mol. The molecule has 6 heteroatoms. The highest BCUT2D eigenvalue weighted by Gasteiger charge is 2.05. The molecule has 0 aromatic carbocycles. The van der Waals surface area contributed by atoms with Gasteiger partial charge in [-0.1, -0.05) is 29.2 Å². The minimum Gasteiger partial charge on any atom is -0.360 e. The molecule has 0 bridgehead atoms. The van der Waals surface area contributed by atoms with Gasteiger partial charge in [0.15, 0.2) is 4.34 Å². The summed E-state index contributed by atoms with van der Waals surface area (Å²) >= 11 is 3.26. The molecule has 0 aliphatic rings. The summed E-state index contributed by atoms with van der Waals surface area (Å²) < 4.78 is 0.978. The van der Waals surface area contributed by atoms with Crippen LogP contribution in [0, 0.1) is 6.92 Å². The number of hydrogen-bond acceptors (Lipinski definition) is 6. The third-order valence-corrected chi connectivity index (χ3v) is 4.21. The summed E-state index contributed by atoms with van der Waals surface area (Å²) in [5, 5.41) is 12.2. The van der Waals surface area contributed by atoms with Crippen molar-refractivity contribution in [2.45, 2.75) is 23.9 Å². The molecule has 17 heavy (non-hydrogen) atoms. The summed E-state index contributed by atoms with van der Waals surface area (Å²) in [6, 6.07) is 4.03. The molecule has 2 heterocycles. The van der Waals surface area contributed by atoms with Gasteiger partial charge in [-0.05, 0) is 25.5 Å². The monoisotopic (exact) mass is 266 g/mol. The third-order valence-electron chi connectivity index (χ3n) is 2.18. The first kappa shape index (κ1) is 12.3. The van der Waals surface area contributed by atoms with Crippen molar-refractivity contribution in [1.82, 2.24) is 15.2 Å². The highest BCUT2D eigenvalue weighted by Crippen LogP contribution is 2.28. The lowest BCUT2D eigenvalue weighted by Gasteiger charge is -2.01. The van der Waals surface area contributed by atoms with Crippen LogP contribution in [-0.4, -0.2) is 21.7 Å². The minimum absolute atomic E-state index is 0.841. The molecule has 2 rings (SSSR count). The van der Waals surface area contributed by atoms with Crippen LogP contribution >= 0.6 is 23.1 Å². The molecular weight excluding hydrogens is 252 g/mol. The number of anilines is 1. The van der Waals surface area contributed by atoms with Gasteiger partial charge in [0.25, 0.3) is 0 Å². The number of pyridine rings is 1. The molecule has 2 aromatic rings. The van der Waals surface area contributed by atoms with Gasteiger partial charge in [0.1, 0.15) is 0 Å². The topological polar surface area (TPSA) is 50.7 Å². The summed E-state index contributed by atoms with van der Waals surface area (Å²) in [5.41, 5.74) is 2.33. The van der Waals surface area contributed by atoms with E-state index in [9.17, 15) is 0 Å². The lowest BCUT2D eigenvalue weighted by molar-refractivity contribution is 1.000. The van der Waals surface area contributed by atoms with E-state index in [2.05, 4.69) is 33.5 Å². The molecule has 90 valence electrons. The fourth-order valence-corrected chi connectivity index (χ4v) is 3.15. The van der Waals surface area contributed by atoms with E-state index in [1.54, 1.807) is 23.1 Å². The van der Waals surface area contributed by atoms with Gasteiger partial charge >= 0.3 is 0 Å². The molecule has 4 nitrogen and oxygen atoms in total. The summed E-state index contributed by atoms with van der Waals surface area (Å²) in [6.07, 6.45) is 1.83. The van der Waals surface area contributed by atoms with Crippen molar-refractivity contribution in [3.8, 4) is 0 Å². The predicted octanol–water partition coefficient (Wildman–Crippen LogP) is 2.97. The Bertz CT molecular complexity index is 484. The smallest absolute Gasteiger partial charge is 0.206 e. The van der Waals surface area contributed by atoms with Crippen LogP contribution in [0.3, 0.4) is 0 Å². The number of aryl methyl sites for hydroxylation is 1. The summed E-state index contributed by atoms with van der Waals surface area (Å²) in [7, 11) is 0. The second-order valence-electron chi connectivity index (χ2n) is 3.46. The van der Waals surface area contributed by atoms with E-state index in [1.165, 1.54) is 5.56 Å². The molecule has 0 fully saturated rings. The van der Waals surface area contributed by atoms with Crippen LogP contribution < -0.4 is 5.32 Å². The maximum atomic E-state index is 4.36. The Balaban J connectivity index is 1.95. The molecule has 0 unspecified atom stereocenters. The first-order valence-corrected chi connectivity index (χ1v) is 7.20. The molecule has 0 aliphatic heterocycles. The molecule has 0 spiro atoms. The molecule has 0 saturated heterocycles. The molecule has 0 aliphatic carbocycles. The maximum Gasteiger partial charge on any atom is 0.206 e. The van der Waals surface area contributed by atoms with E-state index in [4.69, 9.17) is 0 Å². The Morgan fingerprint density at radius 1 is 1.41 bits per heavy atom. The Morgan fingerprint density at radius 2 is 2.29 bits per heavy atom. The zero-order valence-electron chi connectivity index (χ0n) is 9.80. The fourth-order valence-electron chi connectivity index (χ4n) is 1.29. The van der Waals surface area contributed by atoms with Gasteiger partial charge in [0, 0.05) is 18.5 Å². The average Bonchev–Trinajstić information content (AvgIpc) is 2.76. The Morgan fingerprint density at radius 3 is 3.06 bits per heavy atom. The van der Waals surface area contributed by atoms with Crippen molar-refractivity contribution in [2.24, 2.45) is 0 Å². The normalized spacial score (nSPS) is 10.5. The largest absolute Gasteiger partial charge is 0.360 e. The molecule has 0 radical (unpaired) electrons. The standard InChI is InChI=1S/C11H14N4S2/c1-3-12-10-14-15-11(17-10)16-7-9-8(2)5-4-6-13-9/h4-6H,3,7H2,1-2H3,(H,12,14). The molecular formula is C11H14N4S2. The number of rotatable bonds is 5. The van der Waals surface area contributed by atoms with E-state index in [1.807, 2.05) is 19.2 Å². The SMILES string of the molecule is CCNc1nnc(SCc2ncccc2C)s1. The van der Waals surface area contributed by atoms with Crippen LogP contribution in [0.1, 0.15) is 18.2 Å². The number of nitrogens with zero attached hydrogens (tertiary/aromatic N) is 3. The first-order valence-electron chi connectivity index (χ1n) is 5.40. The molecule has 1 N–H and O–H groups in total. The molecule has 0 amide bonds. The van der Waals surface area contributed by atoms with Gasteiger partial charge in [-0.2, -0.15) is 0 Å². The van der Waals surface area contributed by atoms with Crippen LogP contribution in [0.2, 0.25) is 0 Å². The quantitative estimate of drug-likeness (QED) is 0.843. The molecule has 2 aromatic heterocycles. The minimum atomic E-state index is 0.841.